The molecule has 29 heavy (non-hydrogen) atoms. The van der Waals surface area contributed by atoms with E-state index >= 15 is 4.39 Å². The molecule has 11 nitrogen and oxygen atoms in total. The molecule has 2 saturated heterocycles. The number of phenolic OH excluding ortho intramolecular Hbond substituents is 1. The number of rotatable bonds is 3. The van der Waals surface area contributed by atoms with Gasteiger partial charge in [0.05, 0.1) is 18.9 Å². The van der Waals surface area contributed by atoms with E-state index in [1.54, 1.807) is 9.62 Å². The normalized spacial score (nSPS) is 18.7. The number of ether oxygens (including phenoxy) is 1. The van der Waals surface area contributed by atoms with Gasteiger partial charge in [0.15, 0.2) is 5.82 Å². The van der Waals surface area contributed by atoms with Crippen LogP contribution in [0.1, 0.15) is 10.5 Å². The van der Waals surface area contributed by atoms with Gasteiger partial charge in [-0.2, -0.15) is 13.5 Å². The zero-order valence-electron chi connectivity index (χ0n) is 14.9. The second kappa shape index (κ2) is 7.00. The van der Waals surface area contributed by atoms with Crippen molar-refractivity contribution in [3.63, 3.8) is 0 Å². The molecule has 0 saturated carbocycles. The largest absolute Gasteiger partial charge is 0.506 e. The minimum Gasteiger partial charge on any atom is -0.506 e. The van der Waals surface area contributed by atoms with E-state index in [9.17, 15) is 23.1 Å². The zero-order valence-corrected chi connectivity index (χ0v) is 15.7. The van der Waals surface area contributed by atoms with Gasteiger partial charge in [0, 0.05) is 18.7 Å². The molecule has 0 spiro atoms. The van der Waals surface area contributed by atoms with Crippen molar-refractivity contribution in [2.24, 2.45) is 0 Å². The minimum atomic E-state index is -4.32. The van der Waals surface area contributed by atoms with Crippen molar-refractivity contribution in [1.82, 2.24) is 19.8 Å². The second-order valence-corrected chi connectivity index (χ2v) is 8.00. The van der Waals surface area contributed by atoms with Gasteiger partial charge in [-0.3, -0.25) is 14.7 Å². The number of aromatic nitrogens is 2. The molecule has 3 heterocycles. The monoisotopic (exact) mass is 425 g/mol. The lowest BCUT2D eigenvalue weighted by Gasteiger charge is -2.26. The number of hydrogen-bond donors (Lipinski definition) is 3. The molecule has 13 heteroatoms. The number of carbonyl (C=O) groups excluding carboxylic acids is 2. The lowest BCUT2D eigenvalue weighted by Crippen LogP contribution is -2.40. The molecule has 4 rings (SSSR count). The summed E-state index contributed by atoms with van der Waals surface area (Å²) in [4.78, 5) is 25.5. The van der Waals surface area contributed by atoms with Crippen LogP contribution in [-0.2, 0) is 19.7 Å². The molecule has 2 aliphatic heterocycles. The van der Waals surface area contributed by atoms with Crippen molar-refractivity contribution in [3.05, 3.63) is 29.7 Å². The third kappa shape index (κ3) is 3.38. The van der Waals surface area contributed by atoms with E-state index in [0.717, 1.165) is 6.07 Å². The summed E-state index contributed by atoms with van der Waals surface area (Å²) in [6.45, 7) is 0.995. The second-order valence-electron chi connectivity index (χ2n) is 6.40. The number of H-pyrrole nitrogens is 1. The number of anilines is 1. The molecule has 2 amide bonds. The average Bonchev–Trinajstić information content (AvgIpc) is 3.26. The summed E-state index contributed by atoms with van der Waals surface area (Å²) in [6, 6.07) is 3.62. The van der Waals surface area contributed by atoms with Crippen molar-refractivity contribution in [3.8, 4) is 17.0 Å². The molecule has 2 aliphatic rings. The van der Waals surface area contributed by atoms with Gasteiger partial charge in [-0.25, -0.2) is 13.4 Å². The van der Waals surface area contributed by atoms with Crippen molar-refractivity contribution in [1.29, 1.82) is 0 Å². The number of nitrogens with one attached hydrogen (secondary N) is 2. The van der Waals surface area contributed by atoms with Crippen LogP contribution in [0.15, 0.2) is 18.2 Å². The third-order valence-electron chi connectivity index (χ3n) is 4.55. The van der Waals surface area contributed by atoms with Crippen LogP contribution < -0.4 is 9.03 Å². The molecule has 0 aliphatic carbocycles. The summed E-state index contributed by atoms with van der Waals surface area (Å²) in [6.07, 6.45) is 0. The number of benzene rings is 1. The number of hydrogen-bond acceptors (Lipinski definition) is 7. The third-order valence-corrected chi connectivity index (χ3v) is 5.92. The molecule has 2 fully saturated rings. The summed E-state index contributed by atoms with van der Waals surface area (Å²) >= 11 is 0. The van der Waals surface area contributed by atoms with E-state index in [-0.39, 0.29) is 22.9 Å². The molecule has 0 atom stereocenters. The van der Waals surface area contributed by atoms with Crippen LogP contribution >= 0.6 is 0 Å². The first-order chi connectivity index (χ1) is 13.8. The summed E-state index contributed by atoms with van der Waals surface area (Å²) in [7, 11) is -4.32. The summed E-state index contributed by atoms with van der Waals surface area (Å²) in [5.74, 6) is -2.94. The fraction of sp³-hybridized carbons (Fsp3) is 0.312. The van der Waals surface area contributed by atoms with Gasteiger partial charge >= 0.3 is 10.2 Å². The Hall–Kier alpha value is -3.19. The van der Waals surface area contributed by atoms with Crippen molar-refractivity contribution in [2.45, 2.75) is 0 Å². The summed E-state index contributed by atoms with van der Waals surface area (Å²) in [5, 5.41) is 16.5. The van der Waals surface area contributed by atoms with Gasteiger partial charge in [0.2, 0.25) is 0 Å². The minimum absolute atomic E-state index is 0.0382. The molecule has 1 aromatic heterocycles. The van der Waals surface area contributed by atoms with Crippen LogP contribution in [0.3, 0.4) is 0 Å². The van der Waals surface area contributed by atoms with Crippen LogP contribution in [0.5, 0.6) is 5.75 Å². The lowest BCUT2D eigenvalue weighted by atomic mass is 10.1. The van der Waals surface area contributed by atoms with E-state index in [2.05, 4.69) is 10.2 Å². The number of carbonyl (C=O) groups is 2. The Labute approximate surface area is 164 Å². The number of aromatic hydroxyl groups is 1. The molecule has 3 N–H and O–H groups in total. The van der Waals surface area contributed by atoms with Crippen molar-refractivity contribution in [2.75, 3.05) is 37.2 Å². The first kappa shape index (κ1) is 19.1. The Kier molecular flexibility index (Phi) is 4.62. The maximum atomic E-state index is 15.1. The SMILES string of the molecule is O=C1CN(c2c(O)ccc(-c3cc(C(=O)N4CCOCC4)[nH]n3)c2F)S(=O)(=O)N1. The molecular formula is C16H16FN5O6S. The van der Waals surface area contributed by atoms with Crippen LogP contribution in [0, 0.1) is 5.82 Å². The first-order valence-electron chi connectivity index (χ1n) is 8.55. The molecular weight excluding hydrogens is 409 g/mol. The van der Waals surface area contributed by atoms with Gasteiger partial charge in [-0.05, 0) is 18.2 Å². The van der Waals surface area contributed by atoms with Gasteiger partial charge in [-0.15, -0.1) is 0 Å². The Morgan fingerprint density at radius 3 is 2.66 bits per heavy atom. The molecule has 0 radical (unpaired) electrons. The molecule has 0 bridgehead atoms. The highest BCUT2D eigenvalue weighted by atomic mass is 32.2. The number of halogens is 1. The predicted molar refractivity (Wildman–Crippen MR) is 96.8 cm³/mol. The highest BCUT2D eigenvalue weighted by Gasteiger charge is 2.38. The van der Waals surface area contributed by atoms with Crippen LogP contribution in [0.25, 0.3) is 11.3 Å². The number of amides is 2. The maximum Gasteiger partial charge on any atom is 0.326 e. The maximum absolute atomic E-state index is 15.1. The Balaban J connectivity index is 1.69. The Bertz CT molecular complexity index is 1100. The molecule has 2 aromatic rings. The summed E-state index contributed by atoms with van der Waals surface area (Å²) in [5.41, 5.74) is -0.660. The zero-order chi connectivity index (χ0) is 20.8. The van der Waals surface area contributed by atoms with Gasteiger partial charge in [-0.1, -0.05) is 0 Å². The molecule has 0 unspecified atom stereocenters. The summed E-state index contributed by atoms with van der Waals surface area (Å²) < 4.78 is 46.5. The van der Waals surface area contributed by atoms with Crippen LogP contribution in [0.4, 0.5) is 10.1 Å². The highest BCUT2D eigenvalue weighted by Crippen LogP contribution is 2.38. The van der Waals surface area contributed by atoms with Crippen molar-refractivity contribution >= 4 is 27.7 Å². The smallest absolute Gasteiger partial charge is 0.326 e. The van der Waals surface area contributed by atoms with E-state index < -0.39 is 39.9 Å². The highest BCUT2D eigenvalue weighted by molar-refractivity contribution is 7.92. The fourth-order valence-electron chi connectivity index (χ4n) is 3.14. The van der Waals surface area contributed by atoms with Gasteiger partial charge in [0.25, 0.3) is 11.8 Å². The average molecular weight is 425 g/mol. The fourth-order valence-corrected chi connectivity index (χ4v) is 4.31. The number of aromatic amines is 1. The van der Waals surface area contributed by atoms with Gasteiger partial charge in [0.1, 0.15) is 23.7 Å². The van der Waals surface area contributed by atoms with Gasteiger partial charge < -0.3 is 14.7 Å². The predicted octanol–water partition coefficient (Wildman–Crippen LogP) is -0.425. The Morgan fingerprint density at radius 1 is 1.28 bits per heavy atom. The number of phenols is 1. The number of nitrogens with zero attached hydrogens (tertiary/aromatic N) is 3. The first-order valence-corrected chi connectivity index (χ1v) is 9.99. The standard InChI is InChI=1S/C16H16FN5O6S/c17-14-9(1-2-12(23)15(14)22-8-13(24)20-29(22,26)27)10-7-11(19-18-10)16(25)21-3-5-28-6-4-21/h1-2,7,23H,3-6,8H2,(H,18,19)(H,20,24). The molecule has 1 aromatic carbocycles. The number of morpholine rings is 1. The lowest BCUT2D eigenvalue weighted by molar-refractivity contribution is -0.117. The molecule has 154 valence electrons. The topological polar surface area (TPSA) is 145 Å². The van der Waals surface area contributed by atoms with E-state index in [1.165, 1.54) is 12.1 Å². The Morgan fingerprint density at radius 2 is 2.00 bits per heavy atom. The van der Waals surface area contributed by atoms with E-state index in [0.29, 0.717) is 30.6 Å². The van der Waals surface area contributed by atoms with Crippen LogP contribution in [0.2, 0.25) is 0 Å². The van der Waals surface area contributed by atoms with E-state index in [4.69, 9.17) is 4.74 Å². The van der Waals surface area contributed by atoms with E-state index in [1.807, 2.05) is 0 Å². The van der Waals surface area contributed by atoms with Crippen molar-refractivity contribution < 1.29 is 32.2 Å². The van der Waals surface area contributed by atoms with Crippen LogP contribution in [-0.4, -0.2) is 73.3 Å². The quantitative estimate of drug-likeness (QED) is 0.605.